The summed E-state index contributed by atoms with van der Waals surface area (Å²) in [6.45, 7) is 1.96. The van der Waals surface area contributed by atoms with Crippen LogP contribution in [0.2, 0.25) is 0 Å². The molecule has 0 fully saturated rings. The van der Waals surface area contributed by atoms with Crippen LogP contribution in [0.1, 0.15) is 12.5 Å². The van der Waals surface area contributed by atoms with Crippen LogP contribution in [0, 0.1) is 0 Å². The van der Waals surface area contributed by atoms with E-state index in [4.69, 9.17) is 9.47 Å². The molecule has 1 aromatic carbocycles. The van der Waals surface area contributed by atoms with Crippen molar-refractivity contribution in [1.82, 2.24) is 0 Å². The normalized spacial score (nSPS) is 12.5. The third-order valence-corrected chi connectivity index (χ3v) is 2.20. The summed E-state index contributed by atoms with van der Waals surface area (Å²) in [7, 11) is 3.26. The number of rotatable bonds is 4. The van der Waals surface area contributed by atoms with Gasteiger partial charge in [0, 0.05) is 19.1 Å². The average molecular weight is 196 g/mol. The standard InChI is InChI=1S/C11H16O3/c1-8(13-2)6-9-7-10(14-3)4-5-11(9)12/h4-5,7-8,12H,6H2,1-3H3. The maximum absolute atomic E-state index is 9.56. The summed E-state index contributed by atoms with van der Waals surface area (Å²) in [5.41, 5.74) is 0.846. The Balaban J connectivity index is 2.83. The Morgan fingerprint density at radius 1 is 1.36 bits per heavy atom. The third-order valence-electron chi connectivity index (χ3n) is 2.20. The van der Waals surface area contributed by atoms with E-state index in [-0.39, 0.29) is 11.9 Å². The third kappa shape index (κ3) is 2.64. The summed E-state index contributed by atoms with van der Waals surface area (Å²) in [4.78, 5) is 0. The Morgan fingerprint density at radius 2 is 2.07 bits per heavy atom. The molecule has 0 saturated heterocycles. The highest BCUT2D eigenvalue weighted by atomic mass is 16.5. The summed E-state index contributed by atoms with van der Waals surface area (Å²) in [5, 5.41) is 9.56. The van der Waals surface area contributed by atoms with Crippen LogP contribution in [-0.2, 0) is 11.2 Å². The van der Waals surface area contributed by atoms with Crippen molar-refractivity contribution in [2.24, 2.45) is 0 Å². The zero-order chi connectivity index (χ0) is 10.6. The van der Waals surface area contributed by atoms with Gasteiger partial charge in [-0.3, -0.25) is 0 Å². The van der Waals surface area contributed by atoms with E-state index in [0.29, 0.717) is 6.42 Å². The van der Waals surface area contributed by atoms with Crippen molar-refractivity contribution in [3.05, 3.63) is 23.8 Å². The van der Waals surface area contributed by atoms with Gasteiger partial charge in [-0.1, -0.05) is 0 Å². The van der Waals surface area contributed by atoms with Gasteiger partial charge >= 0.3 is 0 Å². The largest absolute Gasteiger partial charge is 0.508 e. The molecule has 78 valence electrons. The number of hydrogen-bond acceptors (Lipinski definition) is 3. The molecule has 0 bridgehead atoms. The molecule has 0 aliphatic heterocycles. The van der Waals surface area contributed by atoms with Crippen molar-refractivity contribution in [3.8, 4) is 11.5 Å². The quantitative estimate of drug-likeness (QED) is 0.800. The van der Waals surface area contributed by atoms with Gasteiger partial charge in [-0.15, -0.1) is 0 Å². The minimum absolute atomic E-state index is 0.0907. The van der Waals surface area contributed by atoms with Crippen LogP contribution in [0.15, 0.2) is 18.2 Å². The lowest BCUT2D eigenvalue weighted by Crippen LogP contribution is -2.08. The summed E-state index contributed by atoms with van der Waals surface area (Å²) in [5.74, 6) is 1.04. The molecule has 1 rings (SSSR count). The molecule has 0 heterocycles. The fourth-order valence-electron chi connectivity index (χ4n) is 1.25. The molecule has 0 spiro atoms. The fourth-order valence-corrected chi connectivity index (χ4v) is 1.25. The minimum atomic E-state index is 0.0907. The molecule has 1 unspecified atom stereocenters. The Hall–Kier alpha value is -1.22. The first kappa shape index (κ1) is 10.9. The molecule has 14 heavy (non-hydrogen) atoms. The van der Waals surface area contributed by atoms with Gasteiger partial charge in [-0.05, 0) is 25.1 Å². The van der Waals surface area contributed by atoms with E-state index in [1.807, 2.05) is 13.0 Å². The smallest absolute Gasteiger partial charge is 0.119 e. The molecule has 1 N–H and O–H groups in total. The maximum atomic E-state index is 9.56. The molecule has 0 radical (unpaired) electrons. The Labute approximate surface area is 84.3 Å². The SMILES string of the molecule is COc1ccc(O)c(CC(C)OC)c1. The zero-order valence-electron chi connectivity index (χ0n) is 8.78. The molecule has 0 aromatic heterocycles. The van der Waals surface area contributed by atoms with Crippen molar-refractivity contribution in [2.75, 3.05) is 14.2 Å². The van der Waals surface area contributed by atoms with Crippen LogP contribution in [0.4, 0.5) is 0 Å². The van der Waals surface area contributed by atoms with Crippen molar-refractivity contribution in [3.63, 3.8) is 0 Å². The van der Waals surface area contributed by atoms with Crippen molar-refractivity contribution < 1.29 is 14.6 Å². The first-order chi connectivity index (χ1) is 6.67. The van der Waals surface area contributed by atoms with Crippen LogP contribution in [-0.4, -0.2) is 25.4 Å². The van der Waals surface area contributed by atoms with Crippen LogP contribution in [0.25, 0.3) is 0 Å². The molecule has 0 saturated carbocycles. The predicted molar refractivity (Wildman–Crippen MR) is 54.8 cm³/mol. The number of methoxy groups -OCH3 is 2. The first-order valence-corrected chi connectivity index (χ1v) is 4.56. The van der Waals surface area contributed by atoms with Crippen LogP contribution >= 0.6 is 0 Å². The van der Waals surface area contributed by atoms with Gasteiger partial charge in [0.2, 0.25) is 0 Å². The highest BCUT2D eigenvalue weighted by molar-refractivity contribution is 5.39. The highest BCUT2D eigenvalue weighted by Gasteiger charge is 2.07. The van der Waals surface area contributed by atoms with E-state index in [2.05, 4.69) is 0 Å². The van der Waals surface area contributed by atoms with Gasteiger partial charge in [-0.2, -0.15) is 0 Å². The van der Waals surface area contributed by atoms with Gasteiger partial charge in [-0.25, -0.2) is 0 Å². The van der Waals surface area contributed by atoms with Crippen LogP contribution in [0.5, 0.6) is 11.5 Å². The molecule has 0 aliphatic rings. The summed E-state index contributed by atoms with van der Waals surface area (Å²) >= 11 is 0. The lowest BCUT2D eigenvalue weighted by Gasteiger charge is -2.11. The van der Waals surface area contributed by atoms with Gasteiger partial charge in [0.25, 0.3) is 0 Å². The molecule has 1 aromatic rings. The Bertz CT molecular complexity index is 297. The van der Waals surface area contributed by atoms with E-state index >= 15 is 0 Å². The number of aromatic hydroxyl groups is 1. The first-order valence-electron chi connectivity index (χ1n) is 4.56. The molecular weight excluding hydrogens is 180 g/mol. The summed E-state index contributed by atoms with van der Waals surface area (Å²) in [6.07, 6.45) is 0.771. The van der Waals surface area contributed by atoms with Crippen molar-refractivity contribution >= 4 is 0 Å². The van der Waals surface area contributed by atoms with Gasteiger partial charge in [0.1, 0.15) is 11.5 Å². The number of hydrogen-bond donors (Lipinski definition) is 1. The molecule has 0 aliphatic carbocycles. The van der Waals surface area contributed by atoms with E-state index < -0.39 is 0 Å². The molecule has 1 atom stereocenters. The van der Waals surface area contributed by atoms with Crippen LogP contribution < -0.4 is 4.74 Å². The predicted octanol–water partition coefficient (Wildman–Crippen LogP) is 1.98. The minimum Gasteiger partial charge on any atom is -0.508 e. The highest BCUT2D eigenvalue weighted by Crippen LogP contribution is 2.24. The average Bonchev–Trinajstić information content (AvgIpc) is 2.21. The van der Waals surface area contributed by atoms with Crippen LogP contribution in [0.3, 0.4) is 0 Å². The molecule has 0 amide bonds. The van der Waals surface area contributed by atoms with E-state index in [1.54, 1.807) is 26.4 Å². The van der Waals surface area contributed by atoms with Crippen molar-refractivity contribution in [1.29, 1.82) is 0 Å². The van der Waals surface area contributed by atoms with Gasteiger partial charge < -0.3 is 14.6 Å². The monoisotopic (exact) mass is 196 g/mol. The lowest BCUT2D eigenvalue weighted by atomic mass is 10.1. The number of benzene rings is 1. The molecule has 3 heteroatoms. The summed E-state index contributed by atoms with van der Waals surface area (Å²) in [6, 6.07) is 5.19. The van der Waals surface area contributed by atoms with E-state index in [1.165, 1.54) is 0 Å². The Kier molecular flexibility index (Phi) is 3.77. The number of phenols is 1. The lowest BCUT2D eigenvalue weighted by molar-refractivity contribution is 0.118. The van der Waals surface area contributed by atoms with Gasteiger partial charge in [0.05, 0.1) is 13.2 Å². The number of phenolic OH excluding ortho intramolecular Hbond substituents is 1. The summed E-state index contributed by atoms with van der Waals surface area (Å²) < 4.78 is 10.2. The second kappa shape index (κ2) is 4.86. The maximum Gasteiger partial charge on any atom is 0.119 e. The molecular formula is C11H16O3. The second-order valence-electron chi connectivity index (χ2n) is 3.25. The van der Waals surface area contributed by atoms with E-state index in [9.17, 15) is 5.11 Å². The molecule has 3 nitrogen and oxygen atoms in total. The van der Waals surface area contributed by atoms with Crippen molar-refractivity contribution in [2.45, 2.75) is 19.4 Å². The zero-order valence-corrected chi connectivity index (χ0v) is 8.78. The Morgan fingerprint density at radius 3 is 2.64 bits per heavy atom. The van der Waals surface area contributed by atoms with Gasteiger partial charge in [0.15, 0.2) is 0 Å². The van der Waals surface area contributed by atoms with E-state index in [0.717, 1.165) is 11.3 Å². The fraction of sp³-hybridized carbons (Fsp3) is 0.455. The second-order valence-corrected chi connectivity index (χ2v) is 3.25. The number of ether oxygens (including phenoxy) is 2. The topological polar surface area (TPSA) is 38.7 Å².